The van der Waals surface area contributed by atoms with E-state index in [1.807, 2.05) is 0 Å². The maximum Gasteiger partial charge on any atom is 0.251 e. The molecule has 0 aromatic carbocycles. The van der Waals surface area contributed by atoms with Crippen molar-refractivity contribution in [1.82, 2.24) is 9.96 Å². The van der Waals surface area contributed by atoms with E-state index in [-0.39, 0.29) is 18.2 Å². The molecule has 2 amide bonds. The number of amides is 2. The largest absolute Gasteiger partial charge is 0.341 e. The van der Waals surface area contributed by atoms with Crippen molar-refractivity contribution in [2.45, 2.75) is 37.6 Å². The molecule has 94 valence electrons. The summed E-state index contributed by atoms with van der Waals surface area (Å²) in [5.74, 6) is -0.511. The molecule has 0 radical (unpaired) electrons. The monoisotopic (exact) mass is 238 g/mol. The van der Waals surface area contributed by atoms with E-state index in [0.717, 1.165) is 25.9 Å². The van der Waals surface area contributed by atoms with Crippen molar-refractivity contribution in [1.29, 1.82) is 0 Å². The van der Waals surface area contributed by atoms with Crippen LogP contribution < -0.4 is 0 Å². The smallest absolute Gasteiger partial charge is 0.251 e. The predicted molar refractivity (Wildman–Crippen MR) is 61.2 cm³/mol. The zero-order valence-corrected chi connectivity index (χ0v) is 9.89. The second kappa shape index (κ2) is 4.49. The quantitative estimate of drug-likeness (QED) is 0.588. The maximum absolute atomic E-state index is 12.4. The molecule has 17 heavy (non-hydrogen) atoms. The Bertz CT molecular complexity index is 350. The molecular formula is C12H18N2O3. The number of hydrogen-bond donors (Lipinski definition) is 1. The van der Waals surface area contributed by atoms with Gasteiger partial charge in [0.2, 0.25) is 5.91 Å². The molecule has 2 saturated heterocycles. The van der Waals surface area contributed by atoms with Gasteiger partial charge in [-0.3, -0.25) is 14.8 Å². The molecule has 2 fully saturated rings. The van der Waals surface area contributed by atoms with Gasteiger partial charge >= 0.3 is 0 Å². The summed E-state index contributed by atoms with van der Waals surface area (Å²) in [6.45, 7) is 5.06. The summed E-state index contributed by atoms with van der Waals surface area (Å²) in [5.41, 5.74) is -1.09. The minimum Gasteiger partial charge on any atom is -0.341 e. The van der Waals surface area contributed by atoms with Crippen molar-refractivity contribution < 1.29 is 14.8 Å². The number of carbonyl (C=O) groups excluding carboxylic acids is 2. The van der Waals surface area contributed by atoms with Gasteiger partial charge in [-0.1, -0.05) is 6.08 Å². The van der Waals surface area contributed by atoms with E-state index in [4.69, 9.17) is 0 Å². The van der Waals surface area contributed by atoms with E-state index in [2.05, 4.69) is 6.58 Å². The molecule has 2 aliphatic rings. The van der Waals surface area contributed by atoms with E-state index in [1.54, 1.807) is 11.0 Å². The standard InChI is InChI=1S/C12H18N2O3/c1-2-6-12(7-5-10(15)14(12)17)11(16)13-8-3-4-9-13/h2,17H,1,3-9H2. The van der Waals surface area contributed by atoms with Crippen LogP contribution >= 0.6 is 0 Å². The second-order valence-electron chi connectivity index (χ2n) is 4.73. The Labute approximate surface area is 101 Å². The molecule has 0 aliphatic carbocycles. The number of carbonyl (C=O) groups is 2. The van der Waals surface area contributed by atoms with E-state index in [0.29, 0.717) is 17.9 Å². The Balaban J connectivity index is 2.24. The fourth-order valence-corrected chi connectivity index (χ4v) is 2.69. The van der Waals surface area contributed by atoms with Crippen LogP contribution in [-0.4, -0.2) is 45.6 Å². The zero-order valence-electron chi connectivity index (χ0n) is 9.89. The van der Waals surface area contributed by atoms with Crippen LogP contribution in [0.1, 0.15) is 32.1 Å². The number of likely N-dealkylation sites (tertiary alicyclic amines) is 1. The van der Waals surface area contributed by atoms with Crippen molar-refractivity contribution in [3.8, 4) is 0 Å². The minimum atomic E-state index is -1.09. The van der Waals surface area contributed by atoms with Gasteiger partial charge in [0.1, 0.15) is 0 Å². The van der Waals surface area contributed by atoms with Crippen LogP contribution in [0, 0.1) is 0 Å². The first-order valence-corrected chi connectivity index (χ1v) is 6.04. The van der Waals surface area contributed by atoms with Crippen molar-refractivity contribution in [3.05, 3.63) is 12.7 Å². The highest BCUT2D eigenvalue weighted by Gasteiger charge is 2.52. The lowest BCUT2D eigenvalue weighted by atomic mass is 9.91. The van der Waals surface area contributed by atoms with Crippen LogP contribution in [-0.2, 0) is 9.59 Å². The van der Waals surface area contributed by atoms with E-state index in [9.17, 15) is 14.8 Å². The first-order valence-electron chi connectivity index (χ1n) is 6.04. The van der Waals surface area contributed by atoms with Gasteiger partial charge in [0, 0.05) is 19.5 Å². The molecule has 5 heteroatoms. The van der Waals surface area contributed by atoms with Crippen molar-refractivity contribution in [2.24, 2.45) is 0 Å². The van der Waals surface area contributed by atoms with Gasteiger partial charge in [-0.2, -0.15) is 0 Å². The Morgan fingerprint density at radius 1 is 1.47 bits per heavy atom. The summed E-state index contributed by atoms with van der Waals surface area (Å²) in [6.07, 6.45) is 4.50. The average molecular weight is 238 g/mol. The van der Waals surface area contributed by atoms with Crippen molar-refractivity contribution in [2.75, 3.05) is 13.1 Å². The van der Waals surface area contributed by atoms with E-state index < -0.39 is 5.54 Å². The van der Waals surface area contributed by atoms with Gasteiger partial charge in [0.05, 0.1) is 0 Å². The fourth-order valence-electron chi connectivity index (χ4n) is 2.69. The summed E-state index contributed by atoms with van der Waals surface area (Å²) >= 11 is 0. The minimum absolute atomic E-state index is 0.136. The third-order valence-electron chi connectivity index (χ3n) is 3.67. The van der Waals surface area contributed by atoms with Crippen LogP contribution in [0.15, 0.2) is 12.7 Å². The van der Waals surface area contributed by atoms with Gasteiger partial charge in [0.25, 0.3) is 5.91 Å². The third-order valence-corrected chi connectivity index (χ3v) is 3.67. The van der Waals surface area contributed by atoms with Crippen molar-refractivity contribution in [3.63, 3.8) is 0 Å². The molecule has 0 saturated carbocycles. The lowest BCUT2D eigenvalue weighted by molar-refractivity contribution is -0.189. The molecule has 0 spiro atoms. The lowest BCUT2D eigenvalue weighted by Gasteiger charge is -2.35. The van der Waals surface area contributed by atoms with Crippen LogP contribution in [0.3, 0.4) is 0 Å². The first kappa shape index (κ1) is 12.1. The molecule has 1 N–H and O–H groups in total. The molecule has 0 aromatic rings. The lowest BCUT2D eigenvalue weighted by Crippen LogP contribution is -2.55. The molecule has 0 aromatic heterocycles. The highest BCUT2D eigenvalue weighted by atomic mass is 16.5. The maximum atomic E-state index is 12.4. The summed E-state index contributed by atoms with van der Waals surface area (Å²) in [6, 6.07) is 0. The van der Waals surface area contributed by atoms with Gasteiger partial charge in [-0.15, -0.1) is 6.58 Å². The molecule has 1 atom stereocenters. The Morgan fingerprint density at radius 3 is 2.59 bits per heavy atom. The average Bonchev–Trinajstić information content (AvgIpc) is 2.93. The molecule has 2 rings (SSSR count). The second-order valence-corrected chi connectivity index (χ2v) is 4.73. The topological polar surface area (TPSA) is 60.9 Å². The summed E-state index contributed by atoms with van der Waals surface area (Å²) in [7, 11) is 0. The number of rotatable bonds is 3. The van der Waals surface area contributed by atoms with Gasteiger partial charge in [-0.05, 0) is 25.7 Å². The van der Waals surface area contributed by atoms with Gasteiger partial charge in [0.15, 0.2) is 5.54 Å². The zero-order chi connectivity index (χ0) is 12.5. The van der Waals surface area contributed by atoms with Crippen LogP contribution in [0.5, 0.6) is 0 Å². The molecule has 2 heterocycles. The number of hydroxylamine groups is 2. The summed E-state index contributed by atoms with van der Waals surface area (Å²) in [4.78, 5) is 25.6. The SMILES string of the molecule is C=CCC1(C(=O)N2CCCC2)CCC(=O)N1O. The van der Waals surface area contributed by atoms with Crippen molar-refractivity contribution >= 4 is 11.8 Å². The normalized spacial score (nSPS) is 28.9. The molecular weight excluding hydrogens is 220 g/mol. The fraction of sp³-hybridized carbons (Fsp3) is 0.667. The molecule has 2 aliphatic heterocycles. The number of hydrogen-bond acceptors (Lipinski definition) is 3. The van der Waals surface area contributed by atoms with Gasteiger partial charge < -0.3 is 4.90 Å². The Morgan fingerprint density at radius 2 is 2.12 bits per heavy atom. The van der Waals surface area contributed by atoms with Crippen LogP contribution in [0.4, 0.5) is 0 Å². The predicted octanol–water partition coefficient (Wildman–Crippen LogP) is 0.935. The Hall–Kier alpha value is -1.36. The van der Waals surface area contributed by atoms with E-state index >= 15 is 0 Å². The molecule has 0 bridgehead atoms. The highest BCUT2D eigenvalue weighted by molar-refractivity contribution is 5.94. The summed E-state index contributed by atoms with van der Waals surface area (Å²) < 4.78 is 0. The molecule has 1 unspecified atom stereocenters. The van der Waals surface area contributed by atoms with E-state index in [1.165, 1.54) is 0 Å². The van der Waals surface area contributed by atoms with Crippen LogP contribution in [0.25, 0.3) is 0 Å². The van der Waals surface area contributed by atoms with Crippen LogP contribution in [0.2, 0.25) is 0 Å². The Kier molecular flexibility index (Phi) is 3.19. The summed E-state index contributed by atoms with van der Waals surface area (Å²) in [5, 5.41) is 10.5. The number of nitrogens with zero attached hydrogens (tertiary/aromatic N) is 2. The third kappa shape index (κ3) is 1.84. The highest BCUT2D eigenvalue weighted by Crippen LogP contribution is 2.34. The first-order chi connectivity index (χ1) is 8.12. The van der Waals surface area contributed by atoms with Gasteiger partial charge in [-0.25, -0.2) is 5.06 Å². The molecule has 5 nitrogen and oxygen atoms in total.